The Balaban J connectivity index is 0.00000361. The molecule has 0 fully saturated rings. The summed E-state index contributed by atoms with van der Waals surface area (Å²) in [6.45, 7) is 4.00. The monoisotopic (exact) mass is 302 g/mol. The summed E-state index contributed by atoms with van der Waals surface area (Å²) >= 11 is 0. The van der Waals surface area contributed by atoms with Crippen LogP contribution in [-0.2, 0) is 4.74 Å². The molecule has 1 aromatic carbocycles. The van der Waals surface area contributed by atoms with E-state index in [9.17, 15) is 4.79 Å². The van der Waals surface area contributed by atoms with Crippen LogP contribution in [0, 0.1) is 5.92 Å². The molecule has 1 aromatic rings. The molecule has 20 heavy (non-hydrogen) atoms. The summed E-state index contributed by atoms with van der Waals surface area (Å²) in [5.41, 5.74) is 6.05. The molecule has 6 heteroatoms. The number of carbonyl (C=O) groups is 1. The van der Waals surface area contributed by atoms with Crippen molar-refractivity contribution in [1.82, 2.24) is 5.32 Å². The van der Waals surface area contributed by atoms with Gasteiger partial charge in [-0.2, -0.15) is 0 Å². The third kappa shape index (κ3) is 6.23. The minimum Gasteiger partial charge on any atom is -0.490 e. The van der Waals surface area contributed by atoms with Crippen molar-refractivity contribution in [2.24, 2.45) is 11.7 Å². The number of para-hydroxylation sites is 1. The summed E-state index contributed by atoms with van der Waals surface area (Å²) in [6.07, 6.45) is 0. The van der Waals surface area contributed by atoms with Gasteiger partial charge in [0, 0.05) is 13.7 Å². The van der Waals surface area contributed by atoms with Crippen LogP contribution >= 0.6 is 12.4 Å². The molecule has 114 valence electrons. The molecule has 1 atom stereocenters. The SMILES string of the molecule is COCCOc1ccccc1C(=O)NCC(C)CN.Cl. The van der Waals surface area contributed by atoms with E-state index in [4.69, 9.17) is 15.2 Å². The molecule has 0 aliphatic rings. The maximum atomic E-state index is 12.1. The number of halogens is 1. The average Bonchev–Trinajstić information content (AvgIpc) is 2.45. The first-order valence-electron chi connectivity index (χ1n) is 6.38. The van der Waals surface area contributed by atoms with Gasteiger partial charge in [-0.05, 0) is 24.6 Å². The van der Waals surface area contributed by atoms with Crippen LogP contribution in [0.4, 0.5) is 0 Å². The zero-order valence-corrected chi connectivity index (χ0v) is 12.7. The smallest absolute Gasteiger partial charge is 0.255 e. The predicted molar refractivity (Wildman–Crippen MR) is 81.6 cm³/mol. The Morgan fingerprint density at radius 1 is 1.35 bits per heavy atom. The summed E-state index contributed by atoms with van der Waals surface area (Å²) in [5, 5.41) is 2.85. The van der Waals surface area contributed by atoms with E-state index < -0.39 is 0 Å². The summed E-state index contributed by atoms with van der Waals surface area (Å²) < 4.78 is 10.4. The van der Waals surface area contributed by atoms with Crippen molar-refractivity contribution >= 4 is 18.3 Å². The second kappa shape index (κ2) is 10.5. The number of nitrogens with two attached hydrogens (primary N) is 1. The lowest BCUT2D eigenvalue weighted by Gasteiger charge is -2.13. The molecule has 0 radical (unpaired) electrons. The van der Waals surface area contributed by atoms with Crippen LogP contribution in [0.3, 0.4) is 0 Å². The van der Waals surface area contributed by atoms with Crippen LogP contribution in [0.25, 0.3) is 0 Å². The van der Waals surface area contributed by atoms with Gasteiger partial charge >= 0.3 is 0 Å². The van der Waals surface area contributed by atoms with Crippen LogP contribution in [0.5, 0.6) is 5.75 Å². The second-order valence-corrected chi connectivity index (χ2v) is 4.39. The molecule has 0 bridgehead atoms. The molecule has 0 aliphatic carbocycles. The molecular weight excluding hydrogens is 280 g/mol. The van der Waals surface area contributed by atoms with Gasteiger partial charge in [-0.1, -0.05) is 19.1 Å². The summed E-state index contributed by atoms with van der Waals surface area (Å²) in [6, 6.07) is 7.16. The maximum absolute atomic E-state index is 12.1. The van der Waals surface area contributed by atoms with Crippen molar-refractivity contribution in [2.75, 3.05) is 33.4 Å². The van der Waals surface area contributed by atoms with E-state index in [0.717, 1.165) is 0 Å². The minimum atomic E-state index is -0.145. The first kappa shape index (κ1) is 18.7. The predicted octanol–water partition coefficient (Wildman–Crippen LogP) is 1.46. The zero-order valence-electron chi connectivity index (χ0n) is 11.9. The average molecular weight is 303 g/mol. The van der Waals surface area contributed by atoms with E-state index in [1.54, 1.807) is 19.2 Å². The van der Waals surface area contributed by atoms with E-state index >= 15 is 0 Å². The Bertz CT molecular complexity index is 402. The lowest BCUT2D eigenvalue weighted by Crippen LogP contribution is -2.31. The topological polar surface area (TPSA) is 73.6 Å². The summed E-state index contributed by atoms with van der Waals surface area (Å²) in [7, 11) is 1.61. The third-order valence-electron chi connectivity index (χ3n) is 2.69. The Morgan fingerprint density at radius 2 is 2.05 bits per heavy atom. The van der Waals surface area contributed by atoms with Gasteiger partial charge in [-0.15, -0.1) is 12.4 Å². The zero-order chi connectivity index (χ0) is 14.1. The van der Waals surface area contributed by atoms with Gasteiger partial charge in [0.05, 0.1) is 12.2 Å². The van der Waals surface area contributed by atoms with E-state index in [1.165, 1.54) is 0 Å². The van der Waals surface area contributed by atoms with Crippen molar-refractivity contribution in [1.29, 1.82) is 0 Å². The van der Waals surface area contributed by atoms with Crippen LogP contribution in [0.2, 0.25) is 0 Å². The highest BCUT2D eigenvalue weighted by Gasteiger charge is 2.12. The number of carbonyl (C=O) groups excluding carboxylic acids is 1. The maximum Gasteiger partial charge on any atom is 0.255 e. The van der Waals surface area contributed by atoms with Gasteiger partial charge in [-0.25, -0.2) is 0 Å². The van der Waals surface area contributed by atoms with Gasteiger partial charge in [0.1, 0.15) is 12.4 Å². The first-order chi connectivity index (χ1) is 9.19. The van der Waals surface area contributed by atoms with Gasteiger partial charge in [0.25, 0.3) is 5.91 Å². The Hall–Kier alpha value is -1.30. The lowest BCUT2D eigenvalue weighted by molar-refractivity contribution is 0.0941. The normalized spacial score (nSPS) is 11.3. The number of amides is 1. The Labute approximate surface area is 126 Å². The number of hydrogen-bond acceptors (Lipinski definition) is 4. The highest BCUT2D eigenvalue weighted by atomic mass is 35.5. The number of rotatable bonds is 8. The number of hydrogen-bond donors (Lipinski definition) is 2. The largest absolute Gasteiger partial charge is 0.490 e. The van der Waals surface area contributed by atoms with Crippen molar-refractivity contribution in [3.05, 3.63) is 29.8 Å². The number of methoxy groups -OCH3 is 1. The van der Waals surface area contributed by atoms with Crippen LogP contribution in [-0.4, -0.2) is 39.3 Å². The fourth-order valence-electron chi connectivity index (χ4n) is 1.46. The van der Waals surface area contributed by atoms with E-state index in [-0.39, 0.29) is 24.2 Å². The molecular formula is C14H23ClN2O3. The third-order valence-corrected chi connectivity index (χ3v) is 2.69. The van der Waals surface area contributed by atoms with E-state index in [0.29, 0.717) is 37.6 Å². The molecule has 1 unspecified atom stereocenters. The Morgan fingerprint density at radius 3 is 2.70 bits per heavy atom. The molecule has 3 N–H and O–H groups in total. The molecule has 0 saturated carbocycles. The highest BCUT2D eigenvalue weighted by molar-refractivity contribution is 5.96. The quantitative estimate of drug-likeness (QED) is 0.713. The first-order valence-corrected chi connectivity index (χ1v) is 6.38. The molecule has 1 rings (SSSR count). The molecule has 0 heterocycles. The molecule has 0 spiro atoms. The van der Waals surface area contributed by atoms with Crippen LogP contribution in [0.15, 0.2) is 24.3 Å². The minimum absolute atomic E-state index is 0. The Kier molecular flexibility index (Phi) is 9.80. The molecule has 1 amide bonds. The van der Waals surface area contributed by atoms with Crippen molar-refractivity contribution in [3.63, 3.8) is 0 Å². The van der Waals surface area contributed by atoms with E-state index in [2.05, 4.69) is 5.32 Å². The van der Waals surface area contributed by atoms with Gasteiger partial charge < -0.3 is 20.5 Å². The van der Waals surface area contributed by atoms with Gasteiger partial charge in [-0.3, -0.25) is 4.79 Å². The summed E-state index contributed by atoms with van der Waals surface area (Å²) in [4.78, 5) is 12.1. The number of nitrogens with one attached hydrogen (secondary N) is 1. The van der Waals surface area contributed by atoms with Crippen LogP contribution in [0.1, 0.15) is 17.3 Å². The highest BCUT2D eigenvalue weighted by Crippen LogP contribution is 2.17. The van der Waals surface area contributed by atoms with E-state index in [1.807, 2.05) is 19.1 Å². The second-order valence-electron chi connectivity index (χ2n) is 4.39. The number of benzene rings is 1. The fourth-order valence-corrected chi connectivity index (χ4v) is 1.46. The standard InChI is InChI=1S/C14H22N2O3.ClH/c1-11(9-15)10-16-14(17)12-5-3-4-6-13(12)19-8-7-18-2;/h3-6,11H,7-10,15H2,1-2H3,(H,16,17);1H. The summed E-state index contributed by atoms with van der Waals surface area (Å²) in [5.74, 6) is 0.677. The molecule has 0 aliphatic heterocycles. The van der Waals surface area contributed by atoms with Crippen molar-refractivity contribution in [3.8, 4) is 5.75 Å². The van der Waals surface area contributed by atoms with Crippen molar-refractivity contribution < 1.29 is 14.3 Å². The van der Waals surface area contributed by atoms with Crippen LogP contribution < -0.4 is 15.8 Å². The van der Waals surface area contributed by atoms with Gasteiger partial charge in [0.15, 0.2) is 0 Å². The molecule has 5 nitrogen and oxygen atoms in total. The van der Waals surface area contributed by atoms with Gasteiger partial charge in [0.2, 0.25) is 0 Å². The molecule has 0 aromatic heterocycles. The van der Waals surface area contributed by atoms with Crippen molar-refractivity contribution in [2.45, 2.75) is 6.92 Å². The molecule has 0 saturated heterocycles. The fraction of sp³-hybridized carbons (Fsp3) is 0.500. The number of ether oxygens (including phenoxy) is 2. The lowest BCUT2D eigenvalue weighted by atomic mass is 10.1.